The van der Waals surface area contributed by atoms with Crippen LogP contribution < -0.4 is 0 Å². The molecular formula is C17H32O3. The van der Waals surface area contributed by atoms with Crippen molar-refractivity contribution >= 4 is 5.97 Å². The van der Waals surface area contributed by atoms with Gasteiger partial charge in [0.2, 0.25) is 0 Å². The van der Waals surface area contributed by atoms with Crippen molar-refractivity contribution in [1.29, 1.82) is 0 Å². The lowest BCUT2D eigenvalue weighted by Crippen LogP contribution is -2.46. The largest absolute Gasteiger partial charge is 0.459 e. The Morgan fingerprint density at radius 2 is 1.70 bits per heavy atom. The minimum Gasteiger partial charge on any atom is -0.459 e. The number of hydrogen-bond donors (Lipinski definition) is 0. The maximum Gasteiger partial charge on any atom is 0.315 e. The van der Waals surface area contributed by atoms with Gasteiger partial charge >= 0.3 is 5.97 Å². The zero-order valence-electron chi connectivity index (χ0n) is 14.0. The summed E-state index contributed by atoms with van der Waals surface area (Å²) < 4.78 is 11.4. The molecule has 0 radical (unpaired) electrons. The lowest BCUT2D eigenvalue weighted by Gasteiger charge is -2.41. The highest BCUT2D eigenvalue weighted by Crippen LogP contribution is 2.43. The molecule has 0 N–H and O–H groups in total. The Balaban J connectivity index is 2.93. The molecule has 3 heteroatoms. The van der Waals surface area contributed by atoms with Crippen molar-refractivity contribution in [3.05, 3.63) is 0 Å². The second-order valence-electron chi connectivity index (χ2n) is 6.98. The summed E-state index contributed by atoms with van der Waals surface area (Å²) in [6.45, 7) is 11.0. The Kier molecular flexibility index (Phi) is 6.50. The summed E-state index contributed by atoms with van der Waals surface area (Å²) in [6.07, 6.45) is 6.79. The van der Waals surface area contributed by atoms with Gasteiger partial charge in [-0.15, -0.1) is 0 Å². The predicted molar refractivity (Wildman–Crippen MR) is 81.6 cm³/mol. The highest BCUT2D eigenvalue weighted by atomic mass is 16.6. The van der Waals surface area contributed by atoms with E-state index in [9.17, 15) is 4.79 Å². The van der Waals surface area contributed by atoms with Crippen LogP contribution in [0.1, 0.15) is 73.1 Å². The molecule has 20 heavy (non-hydrogen) atoms. The van der Waals surface area contributed by atoms with Gasteiger partial charge in [-0.3, -0.25) is 4.79 Å². The summed E-state index contributed by atoms with van der Waals surface area (Å²) in [5.74, 6) is 0.343. The highest BCUT2D eigenvalue weighted by Gasteiger charge is 2.47. The van der Waals surface area contributed by atoms with E-state index < -0.39 is 11.0 Å². The molecule has 1 aliphatic carbocycles. The standard InChI is InChI=1S/C17H32O3/c1-6-17(13-19-7-2,14-11-9-8-10-12-14)15(18)20-16(3,4)5/h14H,6-13H2,1-5H3. The Bertz CT molecular complexity index is 300. The molecule has 3 nitrogen and oxygen atoms in total. The first kappa shape index (κ1) is 17.5. The van der Waals surface area contributed by atoms with E-state index in [1.165, 1.54) is 19.3 Å². The van der Waals surface area contributed by atoms with Gasteiger partial charge in [0.15, 0.2) is 0 Å². The van der Waals surface area contributed by atoms with Crippen molar-refractivity contribution in [2.24, 2.45) is 11.3 Å². The summed E-state index contributed by atoms with van der Waals surface area (Å²) in [7, 11) is 0. The molecule has 0 aromatic rings. The molecule has 1 atom stereocenters. The lowest BCUT2D eigenvalue weighted by molar-refractivity contribution is -0.178. The average molecular weight is 284 g/mol. The molecule has 1 saturated carbocycles. The quantitative estimate of drug-likeness (QED) is 0.681. The van der Waals surface area contributed by atoms with E-state index in [2.05, 4.69) is 6.92 Å². The normalized spacial score (nSPS) is 20.4. The van der Waals surface area contributed by atoms with E-state index in [0.29, 0.717) is 19.1 Å². The third-order valence-electron chi connectivity index (χ3n) is 4.39. The maximum atomic E-state index is 12.8. The highest BCUT2D eigenvalue weighted by molar-refractivity contribution is 5.78. The zero-order valence-corrected chi connectivity index (χ0v) is 14.0. The number of rotatable bonds is 6. The Morgan fingerprint density at radius 1 is 1.10 bits per heavy atom. The fraction of sp³-hybridized carbons (Fsp3) is 0.941. The molecule has 118 valence electrons. The van der Waals surface area contributed by atoms with Gasteiger partial charge < -0.3 is 9.47 Å². The van der Waals surface area contributed by atoms with Crippen molar-refractivity contribution in [1.82, 2.24) is 0 Å². The van der Waals surface area contributed by atoms with Gasteiger partial charge in [-0.2, -0.15) is 0 Å². The Morgan fingerprint density at radius 3 is 2.15 bits per heavy atom. The fourth-order valence-electron chi connectivity index (χ4n) is 3.20. The van der Waals surface area contributed by atoms with Crippen LogP contribution in [0.3, 0.4) is 0 Å². The molecule has 0 aromatic carbocycles. The lowest BCUT2D eigenvalue weighted by atomic mass is 9.67. The summed E-state index contributed by atoms with van der Waals surface area (Å²) in [5.41, 5.74) is -0.887. The van der Waals surface area contributed by atoms with Crippen LogP contribution in [-0.4, -0.2) is 24.8 Å². The smallest absolute Gasteiger partial charge is 0.315 e. The zero-order chi connectivity index (χ0) is 15.2. The van der Waals surface area contributed by atoms with Crippen LogP contribution in [0.25, 0.3) is 0 Å². The molecule has 0 amide bonds. The van der Waals surface area contributed by atoms with Crippen molar-refractivity contribution in [3.63, 3.8) is 0 Å². The number of hydrogen-bond acceptors (Lipinski definition) is 3. The van der Waals surface area contributed by atoms with Gasteiger partial charge in [0.1, 0.15) is 5.60 Å². The number of esters is 1. The molecule has 0 bridgehead atoms. The molecule has 0 heterocycles. The predicted octanol–water partition coefficient (Wildman–Crippen LogP) is 4.34. The van der Waals surface area contributed by atoms with Crippen molar-refractivity contribution in [2.45, 2.75) is 78.7 Å². The third-order valence-corrected chi connectivity index (χ3v) is 4.39. The Hall–Kier alpha value is -0.570. The van der Waals surface area contributed by atoms with Crippen LogP contribution >= 0.6 is 0 Å². The maximum absolute atomic E-state index is 12.8. The number of ether oxygens (including phenoxy) is 2. The first-order valence-corrected chi connectivity index (χ1v) is 8.17. The Labute approximate surface area is 124 Å². The molecule has 0 aliphatic heterocycles. The van der Waals surface area contributed by atoms with E-state index in [1.54, 1.807) is 0 Å². The molecule has 0 aromatic heterocycles. The van der Waals surface area contributed by atoms with Crippen LogP contribution in [0.2, 0.25) is 0 Å². The van der Waals surface area contributed by atoms with E-state index in [4.69, 9.17) is 9.47 Å². The number of carbonyl (C=O) groups is 1. The first-order chi connectivity index (χ1) is 9.35. The minimum atomic E-state index is -0.455. The summed E-state index contributed by atoms with van der Waals surface area (Å²) >= 11 is 0. The van der Waals surface area contributed by atoms with Crippen LogP contribution in [0.5, 0.6) is 0 Å². The summed E-state index contributed by atoms with van der Waals surface area (Å²) in [5, 5.41) is 0. The molecule has 0 saturated heterocycles. The summed E-state index contributed by atoms with van der Waals surface area (Å²) in [4.78, 5) is 12.8. The minimum absolute atomic E-state index is 0.0622. The third kappa shape index (κ3) is 4.47. The van der Waals surface area contributed by atoms with E-state index in [1.807, 2.05) is 27.7 Å². The van der Waals surface area contributed by atoms with Gasteiger partial charge in [-0.25, -0.2) is 0 Å². The van der Waals surface area contributed by atoms with Crippen LogP contribution in [0, 0.1) is 11.3 Å². The monoisotopic (exact) mass is 284 g/mol. The van der Waals surface area contributed by atoms with Gasteiger partial charge in [0, 0.05) is 6.61 Å². The van der Waals surface area contributed by atoms with Crippen LogP contribution in [-0.2, 0) is 14.3 Å². The van der Waals surface area contributed by atoms with E-state index in [0.717, 1.165) is 19.3 Å². The van der Waals surface area contributed by atoms with Gasteiger partial charge in [-0.05, 0) is 52.9 Å². The van der Waals surface area contributed by atoms with Crippen molar-refractivity contribution < 1.29 is 14.3 Å². The van der Waals surface area contributed by atoms with E-state index in [-0.39, 0.29) is 5.97 Å². The second-order valence-corrected chi connectivity index (χ2v) is 6.98. The first-order valence-electron chi connectivity index (χ1n) is 8.17. The molecule has 0 spiro atoms. The van der Waals surface area contributed by atoms with E-state index >= 15 is 0 Å². The topological polar surface area (TPSA) is 35.5 Å². The summed E-state index contributed by atoms with van der Waals surface area (Å²) in [6, 6.07) is 0. The molecule has 1 rings (SSSR count). The van der Waals surface area contributed by atoms with Crippen molar-refractivity contribution in [3.8, 4) is 0 Å². The molecule has 1 aliphatic rings. The average Bonchev–Trinajstić information content (AvgIpc) is 2.39. The van der Waals surface area contributed by atoms with Crippen LogP contribution in [0.4, 0.5) is 0 Å². The van der Waals surface area contributed by atoms with Gasteiger partial charge in [0.05, 0.1) is 12.0 Å². The van der Waals surface area contributed by atoms with Crippen LogP contribution in [0.15, 0.2) is 0 Å². The van der Waals surface area contributed by atoms with Crippen molar-refractivity contribution in [2.75, 3.05) is 13.2 Å². The second kappa shape index (κ2) is 7.44. The van der Waals surface area contributed by atoms with Gasteiger partial charge in [0.25, 0.3) is 0 Å². The molecular weight excluding hydrogens is 252 g/mol. The fourth-order valence-corrected chi connectivity index (χ4v) is 3.20. The van der Waals surface area contributed by atoms with Gasteiger partial charge in [-0.1, -0.05) is 26.2 Å². The molecule has 1 unspecified atom stereocenters. The SMILES string of the molecule is CCOCC(CC)(C(=O)OC(C)(C)C)C1CCCCC1. The number of carbonyl (C=O) groups excluding carboxylic acids is 1. The molecule has 1 fully saturated rings.